The molecule has 1 N–H and O–H groups in total. The lowest BCUT2D eigenvalue weighted by Gasteiger charge is -2.17. The second-order valence-corrected chi connectivity index (χ2v) is 6.43. The van der Waals surface area contributed by atoms with Gasteiger partial charge in [-0.2, -0.15) is 0 Å². The van der Waals surface area contributed by atoms with Gasteiger partial charge in [-0.1, -0.05) is 6.07 Å². The highest BCUT2D eigenvalue weighted by Crippen LogP contribution is 2.25. The van der Waals surface area contributed by atoms with E-state index in [1.54, 1.807) is 12.5 Å². The Balaban J connectivity index is 1.83. The first-order valence-electron chi connectivity index (χ1n) is 7.68. The van der Waals surface area contributed by atoms with Crippen molar-refractivity contribution in [1.82, 2.24) is 14.5 Å². The van der Waals surface area contributed by atoms with Crippen LogP contribution in [0.3, 0.4) is 0 Å². The minimum absolute atomic E-state index is 0.567. The lowest BCUT2D eigenvalue weighted by atomic mass is 10.1. The monoisotopic (exact) mass is 311 g/mol. The van der Waals surface area contributed by atoms with Crippen LogP contribution in [-0.4, -0.2) is 25.2 Å². The highest BCUT2D eigenvalue weighted by Gasteiger charge is 2.13. The van der Waals surface area contributed by atoms with Crippen molar-refractivity contribution in [2.75, 3.05) is 0 Å². The maximum absolute atomic E-state index is 9.89. The van der Waals surface area contributed by atoms with E-state index < -0.39 is 5.60 Å². The summed E-state index contributed by atoms with van der Waals surface area (Å²) in [6.45, 7) is 6.31. The lowest BCUT2D eigenvalue weighted by Crippen LogP contribution is -2.20. The summed E-state index contributed by atoms with van der Waals surface area (Å²) < 4.78 is 7.84. The molecule has 0 amide bonds. The number of imidazole rings is 1. The van der Waals surface area contributed by atoms with Gasteiger partial charge in [0.2, 0.25) is 5.88 Å². The Hall–Kier alpha value is -2.40. The van der Waals surface area contributed by atoms with Crippen molar-refractivity contribution in [3.8, 4) is 11.6 Å². The zero-order valence-electron chi connectivity index (χ0n) is 13.7. The number of rotatable bonds is 5. The molecule has 23 heavy (non-hydrogen) atoms. The molecule has 0 saturated heterocycles. The molecule has 2 heterocycles. The summed E-state index contributed by atoms with van der Waals surface area (Å²) in [6.07, 6.45) is 4.23. The molecule has 3 aromatic rings. The Kier molecular flexibility index (Phi) is 4.05. The average Bonchev–Trinajstić information content (AvgIpc) is 2.89. The van der Waals surface area contributed by atoms with Gasteiger partial charge in [0.25, 0.3) is 0 Å². The maximum Gasteiger partial charge on any atom is 0.219 e. The fourth-order valence-electron chi connectivity index (χ4n) is 2.31. The van der Waals surface area contributed by atoms with Crippen molar-refractivity contribution >= 4 is 11.0 Å². The molecule has 0 radical (unpaired) electrons. The molecule has 0 atom stereocenters. The van der Waals surface area contributed by atoms with Gasteiger partial charge in [0.05, 0.1) is 23.0 Å². The van der Waals surface area contributed by atoms with Crippen LogP contribution in [0.5, 0.6) is 11.6 Å². The predicted molar refractivity (Wildman–Crippen MR) is 89.7 cm³/mol. The van der Waals surface area contributed by atoms with E-state index in [1.165, 1.54) is 0 Å². The molecule has 0 aliphatic carbocycles. The normalized spacial score (nSPS) is 11.8. The van der Waals surface area contributed by atoms with Crippen molar-refractivity contribution in [2.24, 2.45) is 0 Å². The standard InChI is InChI=1S/C18H21N3O2/c1-13-4-7-17(19-11-13)23-14-5-6-15-16(10-14)21(12-20-15)9-8-18(2,3)22/h4-7,10-12,22H,8-9H2,1-3H3. The molecule has 120 valence electrons. The zero-order valence-corrected chi connectivity index (χ0v) is 13.7. The second-order valence-electron chi connectivity index (χ2n) is 6.43. The first-order valence-corrected chi connectivity index (χ1v) is 7.68. The summed E-state index contributed by atoms with van der Waals surface area (Å²) in [6, 6.07) is 9.59. The Morgan fingerprint density at radius 2 is 2.00 bits per heavy atom. The molecular formula is C18H21N3O2. The quantitative estimate of drug-likeness (QED) is 0.780. The van der Waals surface area contributed by atoms with Crippen molar-refractivity contribution in [1.29, 1.82) is 0 Å². The number of pyridine rings is 1. The number of hydrogen-bond acceptors (Lipinski definition) is 4. The average molecular weight is 311 g/mol. The molecule has 0 spiro atoms. The number of nitrogens with zero attached hydrogens (tertiary/aromatic N) is 3. The number of aliphatic hydroxyl groups is 1. The summed E-state index contributed by atoms with van der Waals surface area (Å²) in [5, 5.41) is 9.89. The SMILES string of the molecule is Cc1ccc(Oc2ccc3ncn(CCC(C)(C)O)c3c2)nc1. The molecule has 0 bridgehead atoms. The maximum atomic E-state index is 9.89. The molecule has 0 fully saturated rings. The third-order valence-corrected chi connectivity index (χ3v) is 3.66. The summed E-state index contributed by atoms with van der Waals surface area (Å²) in [7, 11) is 0. The van der Waals surface area contributed by atoms with E-state index in [9.17, 15) is 5.11 Å². The van der Waals surface area contributed by atoms with Crippen molar-refractivity contribution in [3.05, 3.63) is 48.4 Å². The predicted octanol–water partition coefficient (Wildman–Crippen LogP) is 3.69. The van der Waals surface area contributed by atoms with E-state index in [0.29, 0.717) is 18.8 Å². The molecule has 5 nitrogen and oxygen atoms in total. The van der Waals surface area contributed by atoms with E-state index in [0.717, 1.165) is 22.3 Å². The summed E-state index contributed by atoms with van der Waals surface area (Å²) in [5.41, 5.74) is 2.29. The number of hydrogen-bond donors (Lipinski definition) is 1. The van der Waals surface area contributed by atoms with Crippen LogP contribution in [0.25, 0.3) is 11.0 Å². The van der Waals surface area contributed by atoms with Crippen LogP contribution >= 0.6 is 0 Å². The van der Waals surface area contributed by atoms with Crippen LogP contribution in [0.2, 0.25) is 0 Å². The van der Waals surface area contributed by atoms with Crippen LogP contribution in [0.4, 0.5) is 0 Å². The Morgan fingerprint density at radius 3 is 2.70 bits per heavy atom. The fourth-order valence-corrected chi connectivity index (χ4v) is 2.31. The molecule has 0 aliphatic heterocycles. The highest BCUT2D eigenvalue weighted by atomic mass is 16.5. The lowest BCUT2D eigenvalue weighted by molar-refractivity contribution is 0.0665. The van der Waals surface area contributed by atoms with Crippen LogP contribution in [-0.2, 0) is 6.54 Å². The third-order valence-electron chi connectivity index (χ3n) is 3.66. The van der Waals surface area contributed by atoms with Crippen LogP contribution < -0.4 is 4.74 Å². The van der Waals surface area contributed by atoms with Crippen LogP contribution in [0.15, 0.2) is 42.9 Å². The van der Waals surface area contributed by atoms with Gasteiger partial charge in [0, 0.05) is 24.9 Å². The second kappa shape index (κ2) is 6.01. The van der Waals surface area contributed by atoms with Gasteiger partial charge < -0.3 is 14.4 Å². The minimum Gasteiger partial charge on any atom is -0.439 e. The largest absolute Gasteiger partial charge is 0.439 e. The summed E-state index contributed by atoms with van der Waals surface area (Å²) in [5.74, 6) is 1.29. The van der Waals surface area contributed by atoms with Crippen LogP contribution in [0, 0.1) is 6.92 Å². The number of aryl methyl sites for hydroxylation is 2. The van der Waals surface area contributed by atoms with E-state index >= 15 is 0 Å². The molecule has 5 heteroatoms. The van der Waals surface area contributed by atoms with Crippen LogP contribution in [0.1, 0.15) is 25.8 Å². The van der Waals surface area contributed by atoms with Gasteiger partial charge >= 0.3 is 0 Å². The van der Waals surface area contributed by atoms with E-state index in [4.69, 9.17) is 4.74 Å². The van der Waals surface area contributed by atoms with Gasteiger partial charge in [-0.15, -0.1) is 0 Å². The summed E-state index contributed by atoms with van der Waals surface area (Å²) >= 11 is 0. The molecule has 3 rings (SSSR count). The molecule has 0 unspecified atom stereocenters. The van der Waals surface area contributed by atoms with E-state index in [2.05, 4.69) is 9.97 Å². The Bertz CT molecular complexity index is 801. The van der Waals surface area contributed by atoms with Crippen molar-refractivity contribution in [3.63, 3.8) is 0 Å². The van der Waals surface area contributed by atoms with Gasteiger partial charge in [-0.05, 0) is 44.9 Å². The highest BCUT2D eigenvalue weighted by molar-refractivity contribution is 5.77. The Labute approximate surface area is 135 Å². The number of aromatic nitrogens is 3. The molecular weight excluding hydrogens is 290 g/mol. The molecule has 0 saturated carbocycles. The van der Waals surface area contributed by atoms with Crippen molar-refractivity contribution < 1.29 is 9.84 Å². The Morgan fingerprint density at radius 1 is 1.17 bits per heavy atom. The van der Waals surface area contributed by atoms with Gasteiger partial charge in [-0.25, -0.2) is 9.97 Å². The van der Waals surface area contributed by atoms with E-state index in [1.807, 2.05) is 55.7 Å². The first-order chi connectivity index (χ1) is 10.9. The van der Waals surface area contributed by atoms with Crippen molar-refractivity contribution in [2.45, 2.75) is 39.3 Å². The fraction of sp³-hybridized carbons (Fsp3) is 0.333. The molecule has 0 aliphatic rings. The number of benzene rings is 1. The van der Waals surface area contributed by atoms with Gasteiger partial charge in [0.1, 0.15) is 5.75 Å². The third kappa shape index (κ3) is 3.87. The number of fused-ring (bicyclic) bond motifs is 1. The summed E-state index contributed by atoms with van der Waals surface area (Å²) in [4.78, 5) is 8.64. The smallest absolute Gasteiger partial charge is 0.219 e. The topological polar surface area (TPSA) is 60.2 Å². The van der Waals surface area contributed by atoms with Gasteiger partial charge in [-0.3, -0.25) is 0 Å². The molecule has 1 aromatic carbocycles. The number of ether oxygens (including phenoxy) is 1. The zero-order chi connectivity index (χ0) is 16.4. The minimum atomic E-state index is -0.698. The van der Waals surface area contributed by atoms with E-state index in [-0.39, 0.29) is 0 Å². The van der Waals surface area contributed by atoms with Gasteiger partial charge in [0.15, 0.2) is 0 Å². The first kappa shape index (κ1) is 15.5. The molecule has 2 aromatic heterocycles.